The van der Waals surface area contributed by atoms with Crippen LogP contribution in [0, 0.1) is 6.92 Å². The second-order valence-corrected chi connectivity index (χ2v) is 8.75. The minimum Gasteiger partial charge on any atom is -0.323 e. The van der Waals surface area contributed by atoms with E-state index in [0.717, 1.165) is 11.3 Å². The van der Waals surface area contributed by atoms with Crippen LogP contribution in [0.2, 0.25) is 10.0 Å². The number of hydrogen-bond donors (Lipinski definition) is 2. The Morgan fingerprint density at radius 1 is 1.09 bits per heavy atom. The number of para-hydroxylation sites is 1. The molecule has 0 unspecified atom stereocenters. The summed E-state index contributed by atoms with van der Waals surface area (Å²) in [5, 5.41) is 6.50. The number of fused-ring (bicyclic) bond motifs is 1. The fraction of sp³-hybridized carbons (Fsp3) is 0.0909. The molecular weight excluding hydrogens is 471 g/mol. The molecule has 2 heterocycles. The standard InChI is InChI=1S/C22H16Cl2N4O3S/c1-12-18-21(32-19(12)20(30)26-14-5-3-2-4-6-14)25-11-28(22(18)31)10-17(29)27-16-9-13(23)7-8-15(16)24/h2-9,11H,10H2,1H3,(H,26,30)(H,27,29). The molecule has 0 atom stereocenters. The van der Waals surface area contributed by atoms with Crippen molar-refractivity contribution in [2.24, 2.45) is 0 Å². The van der Waals surface area contributed by atoms with Crippen molar-refractivity contribution in [3.05, 3.63) is 85.7 Å². The Morgan fingerprint density at radius 3 is 2.59 bits per heavy atom. The van der Waals surface area contributed by atoms with E-state index in [9.17, 15) is 14.4 Å². The van der Waals surface area contributed by atoms with E-state index in [2.05, 4.69) is 15.6 Å². The average molecular weight is 487 g/mol. The number of nitrogens with zero attached hydrogens (tertiary/aromatic N) is 2. The molecule has 32 heavy (non-hydrogen) atoms. The maximum absolute atomic E-state index is 13.0. The number of carbonyl (C=O) groups excluding carboxylic acids is 2. The first-order chi connectivity index (χ1) is 15.3. The third-order valence-corrected chi connectivity index (χ3v) is 6.43. The van der Waals surface area contributed by atoms with Gasteiger partial charge in [0.05, 0.1) is 27.3 Å². The van der Waals surface area contributed by atoms with Gasteiger partial charge in [0, 0.05) is 10.7 Å². The van der Waals surface area contributed by atoms with Crippen LogP contribution in [0.5, 0.6) is 0 Å². The summed E-state index contributed by atoms with van der Waals surface area (Å²) in [6.07, 6.45) is 1.29. The van der Waals surface area contributed by atoms with Crippen LogP contribution in [0.4, 0.5) is 11.4 Å². The molecule has 2 aromatic carbocycles. The summed E-state index contributed by atoms with van der Waals surface area (Å²) in [5.41, 5.74) is 1.10. The summed E-state index contributed by atoms with van der Waals surface area (Å²) in [7, 11) is 0. The summed E-state index contributed by atoms with van der Waals surface area (Å²) >= 11 is 13.1. The number of amides is 2. The predicted molar refractivity (Wildman–Crippen MR) is 128 cm³/mol. The fourth-order valence-corrected chi connectivity index (χ4v) is 4.51. The second-order valence-electron chi connectivity index (χ2n) is 6.91. The van der Waals surface area contributed by atoms with E-state index in [1.54, 1.807) is 31.2 Å². The first kappa shape index (κ1) is 22.0. The summed E-state index contributed by atoms with van der Waals surface area (Å²) in [4.78, 5) is 43.3. The maximum Gasteiger partial charge on any atom is 0.266 e. The number of rotatable bonds is 5. The fourth-order valence-electron chi connectivity index (χ4n) is 3.14. The van der Waals surface area contributed by atoms with Crippen molar-refractivity contribution < 1.29 is 9.59 Å². The van der Waals surface area contributed by atoms with E-state index < -0.39 is 11.5 Å². The molecule has 0 spiro atoms. The Morgan fingerprint density at radius 2 is 1.84 bits per heavy atom. The second kappa shape index (κ2) is 9.12. The van der Waals surface area contributed by atoms with Crippen molar-refractivity contribution in [3.63, 3.8) is 0 Å². The number of benzene rings is 2. The van der Waals surface area contributed by atoms with Crippen LogP contribution in [0.3, 0.4) is 0 Å². The molecule has 0 radical (unpaired) electrons. The van der Waals surface area contributed by atoms with Crippen LogP contribution in [0.25, 0.3) is 10.2 Å². The van der Waals surface area contributed by atoms with Gasteiger partial charge in [-0.3, -0.25) is 19.0 Å². The monoisotopic (exact) mass is 486 g/mol. The molecule has 2 aromatic heterocycles. The molecule has 0 aliphatic rings. The molecule has 0 saturated carbocycles. The number of carbonyl (C=O) groups is 2. The van der Waals surface area contributed by atoms with Gasteiger partial charge < -0.3 is 10.6 Å². The SMILES string of the molecule is Cc1c(C(=O)Nc2ccccc2)sc2ncn(CC(=O)Nc3cc(Cl)ccc3Cl)c(=O)c12. The smallest absolute Gasteiger partial charge is 0.266 e. The highest BCUT2D eigenvalue weighted by Gasteiger charge is 2.20. The summed E-state index contributed by atoms with van der Waals surface area (Å²) < 4.78 is 1.19. The highest BCUT2D eigenvalue weighted by atomic mass is 35.5. The highest BCUT2D eigenvalue weighted by molar-refractivity contribution is 7.20. The van der Waals surface area contributed by atoms with E-state index in [1.165, 1.54) is 17.0 Å². The normalized spacial score (nSPS) is 10.8. The third kappa shape index (κ3) is 4.52. The van der Waals surface area contributed by atoms with Crippen molar-refractivity contribution in [2.75, 3.05) is 10.6 Å². The minimum atomic E-state index is -0.465. The number of aryl methyl sites for hydroxylation is 1. The molecule has 7 nitrogen and oxygen atoms in total. The van der Waals surface area contributed by atoms with Crippen molar-refractivity contribution in [3.8, 4) is 0 Å². The van der Waals surface area contributed by atoms with E-state index in [4.69, 9.17) is 23.2 Å². The van der Waals surface area contributed by atoms with Crippen LogP contribution in [-0.4, -0.2) is 21.4 Å². The molecule has 0 aliphatic heterocycles. The zero-order valence-electron chi connectivity index (χ0n) is 16.7. The van der Waals surface area contributed by atoms with Crippen LogP contribution in [0.1, 0.15) is 15.2 Å². The Labute approximate surface area is 196 Å². The Balaban J connectivity index is 1.59. The Hall–Kier alpha value is -3.20. The van der Waals surface area contributed by atoms with Gasteiger partial charge in [-0.05, 0) is 42.8 Å². The molecule has 0 bridgehead atoms. The van der Waals surface area contributed by atoms with Gasteiger partial charge in [-0.15, -0.1) is 11.3 Å². The molecule has 162 valence electrons. The minimum absolute atomic E-state index is 0.272. The number of halogens is 2. The zero-order chi connectivity index (χ0) is 22.8. The largest absolute Gasteiger partial charge is 0.323 e. The number of hydrogen-bond acceptors (Lipinski definition) is 5. The summed E-state index contributed by atoms with van der Waals surface area (Å²) in [5.74, 6) is -0.789. The summed E-state index contributed by atoms with van der Waals surface area (Å²) in [6.45, 7) is 1.42. The van der Waals surface area contributed by atoms with E-state index in [-0.39, 0.29) is 12.5 Å². The first-order valence-electron chi connectivity index (χ1n) is 9.43. The van der Waals surface area contributed by atoms with E-state index in [1.807, 2.05) is 18.2 Å². The van der Waals surface area contributed by atoms with Gasteiger partial charge in [-0.1, -0.05) is 41.4 Å². The Kier molecular flexibility index (Phi) is 6.27. The molecule has 0 fully saturated rings. The zero-order valence-corrected chi connectivity index (χ0v) is 19.0. The van der Waals surface area contributed by atoms with Crippen molar-refractivity contribution in [2.45, 2.75) is 13.5 Å². The van der Waals surface area contributed by atoms with Crippen molar-refractivity contribution in [1.82, 2.24) is 9.55 Å². The van der Waals surface area contributed by atoms with Crippen LogP contribution < -0.4 is 16.2 Å². The number of anilines is 2. The van der Waals surface area contributed by atoms with Gasteiger partial charge in [0.2, 0.25) is 5.91 Å². The molecular formula is C22H16Cl2N4O3S. The lowest BCUT2D eigenvalue weighted by molar-refractivity contribution is -0.116. The van der Waals surface area contributed by atoms with E-state index in [0.29, 0.717) is 42.1 Å². The lowest BCUT2D eigenvalue weighted by Gasteiger charge is -2.09. The van der Waals surface area contributed by atoms with Crippen LogP contribution in [-0.2, 0) is 11.3 Å². The van der Waals surface area contributed by atoms with Gasteiger partial charge in [0.25, 0.3) is 11.5 Å². The third-order valence-electron chi connectivity index (χ3n) is 4.67. The van der Waals surface area contributed by atoms with Crippen LogP contribution >= 0.6 is 34.5 Å². The van der Waals surface area contributed by atoms with Gasteiger partial charge in [0.1, 0.15) is 11.4 Å². The Bertz CT molecular complexity index is 1400. The quantitative estimate of drug-likeness (QED) is 0.416. The molecule has 2 amide bonds. The van der Waals surface area contributed by atoms with Gasteiger partial charge in [-0.2, -0.15) is 0 Å². The highest BCUT2D eigenvalue weighted by Crippen LogP contribution is 2.28. The molecule has 0 aliphatic carbocycles. The topological polar surface area (TPSA) is 93.1 Å². The lowest BCUT2D eigenvalue weighted by atomic mass is 10.2. The molecule has 2 N–H and O–H groups in total. The predicted octanol–water partition coefficient (Wildman–Crippen LogP) is 4.96. The summed E-state index contributed by atoms with van der Waals surface area (Å²) in [6, 6.07) is 13.7. The number of thiophene rings is 1. The molecule has 10 heteroatoms. The first-order valence-corrected chi connectivity index (χ1v) is 11.0. The van der Waals surface area contributed by atoms with Crippen molar-refractivity contribution in [1.29, 1.82) is 0 Å². The molecule has 4 aromatic rings. The van der Waals surface area contributed by atoms with Crippen molar-refractivity contribution >= 4 is 67.9 Å². The van der Waals surface area contributed by atoms with Gasteiger partial charge >= 0.3 is 0 Å². The number of aromatic nitrogens is 2. The molecule has 4 rings (SSSR count). The van der Waals surface area contributed by atoms with Gasteiger partial charge in [0.15, 0.2) is 0 Å². The average Bonchev–Trinajstić information content (AvgIpc) is 3.11. The maximum atomic E-state index is 13.0. The molecule has 0 saturated heterocycles. The number of nitrogens with one attached hydrogen (secondary N) is 2. The van der Waals surface area contributed by atoms with Crippen LogP contribution in [0.15, 0.2) is 59.7 Å². The van der Waals surface area contributed by atoms with Gasteiger partial charge in [-0.25, -0.2) is 4.98 Å². The van der Waals surface area contributed by atoms with E-state index >= 15 is 0 Å². The lowest BCUT2D eigenvalue weighted by Crippen LogP contribution is -2.28.